The summed E-state index contributed by atoms with van der Waals surface area (Å²) in [7, 11) is 0. The summed E-state index contributed by atoms with van der Waals surface area (Å²) in [5.41, 5.74) is 4.80. The van der Waals surface area contributed by atoms with Gasteiger partial charge in [0.25, 0.3) is 0 Å². The van der Waals surface area contributed by atoms with E-state index < -0.39 is 0 Å². The normalized spacial score (nSPS) is 10.5. The van der Waals surface area contributed by atoms with Crippen molar-refractivity contribution >= 4 is 23.1 Å². The van der Waals surface area contributed by atoms with Gasteiger partial charge in [-0.1, -0.05) is 53.7 Å². The van der Waals surface area contributed by atoms with Crippen molar-refractivity contribution in [3.8, 4) is 0 Å². The summed E-state index contributed by atoms with van der Waals surface area (Å²) in [5, 5.41) is 3.53. The molecule has 0 atom stereocenters. The Bertz CT molecular complexity index is 748. The molecule has 3 rings (SSSR count). The summed E-state index contributed by atoms with van der Waals surface area (Å²) in [4.78, 5) is 2.49. The van der Waals surface area contributed by atoms with Crippen molar-refractivity contribution in [2.45, 2.75) is 23.6 Å². The first kappa shape index (κ1) is 14.7. The third-order valence-electron chi connectivity index (χ3n) is 3.44. The Morgan fingerprint density at radius 3 is 2.14 bits per heavy atom. The summed E-state index contributed by atoms with van der Waals surface area (Å²) in [6, 6.07) is 25.5. The molecule has 0 aliphatic carbocycles. The van der Waals surface area contributed by atoms with Crippen molar-refractivity contribution in [3.05, 3.63) is 83.9 Å². The van der Waals surface area contributed by atoms with Gasteiger partial charge in [0.1, 0.15) is 0 Å². The zero-order valence-electron chi connectivity index (χ0n) is 12.8. The highest BCUT2D eigenvalue weighted by atomic mass is 32.2. The van der Waals surface area contributed by atoms with Crippen LogP contribution in [0.25, 0.3) is 0 Å². The molecule has 0 aliphatic heterocycles. The van der Waals surface area contributed by atoms with E-state index >= 15 is 0 Å². The molecule has 0 spiro atoms. The number of rotatable bonds is 4. The van der Waals surface area contributed by atoms with Crippen molar-refractivity contribution in [2.75, 3.05) is 5.32 Å². The lowest BCUT2D eigenvalue weighted by Gasteiger charge is -2.13. The van der Waals surface area contributed by atoms with Gasteiger partial charge in [0.15, 0.2) is 0 Å². The molecule has 0 aromatic heterocycles. The van der Waals surface area contributed by atoms with Crippen molar-refractivity contribution in [2.24, 2.45) is 0 Å². The lowest BCUT2D eigenvalue weighted by atomic mass is 10.2. The maximum Gasteiger partial charge on any atom is 0.0526 e. The summed E-state index contributed by atoms with van der Waals surface area (Å²) >= 11 is 1.79. The van der Waals surface area contributed by atoms with E-state index in [0.29, 0.717) is 0 Å². The fourth-order valence-electron chi connectivity index (χ4n) is 2.23. The van der Waals surface area contributed by atoms with Gasteiger partial charge in [-0.2, -0.15) is 0 Å². The maximum absolute atomic E-state index is 3.53. The van der Waals surface area contributed by atoms with Crippen molar-refractivity contribution in [1.82, 2.24) is 0 Å². The van der Waals surface area contributed by atoms with Crippen LogP contribution in [0.2, 0.25) is 0 Å². The molecule has 1 N–H and O–H groups in total. The molecule has 3 aromatic rings. The van der Waals surface area contributed by atoms with E-state index in [1.807, 2.05) is 6.07 Å². The Hall–Kier alpha value is -2.19. The Morgan fingerprint density at radius 2 is 1.41 bits per heavy atom. The van der Waals surface area contributed by atoms with Gasteiger partial charge in [-0.15, -0.1) is 0 Å². The third kappa shape index (κ3) is 3.71. The minimum Gasteiger partial charge on any atom is -0.355 e. The Morgan fingerprint density at radius 1 is 0.727 bits per heavy atom. The molecule has 0 saturated heterocycles. The van der Waals surface area contributed by atoms with Crippen molar-refractivity contribution < 1.29 is 0 Å². The van der Waals surface area contributed by atoms with E-state index in [1.165, 1.54) is 20.9 Å². The first-order valence-corrected chi connectivity index (χ1v) is 8.19. The minimum absolute atomic E-state index is 1.12. The molecule has 0 aliphatic rings. The average molecular weight is 305 g/mol. The molecule has 0 fully saturated rings. The largest absolute Gasteiger partial charge is 0.355 e. The molecule has 22 heavy (non-hydrogen) atoms. The quantitative estimate of drug-likeness (QED) is 0.616. The lowest BCUT2D eigenvalue weighted by Crippen LogP contribution is -1.93. The molecule has 3 aromatic carbocycles. The number of aryl methyl sites for hydroxylation is 2. The highest BCUT2D eigenvalue weighted by Crippen LogP contribution is 2.35. The zero-order chi connectivity index (χ0) is 15.4. The number of hydrogen-bond acceptors (Lipinski definition) is 2. The van der Waals surface area contributed by atoms with Gasteiger partial charge in [-0.25, -0.2) is 0 Å². The van der Waals surface area contributed by atoms with Crippen LogP contribution in [0.5, 0.6) is 0 Å². The standard InChI is InChI=1S/C20H19NS/c1-15-8-11-17(12-9-15)21-19-13-10-16(2)14-20(19)22-18-6-4-3-5-7-18/h3-14,21H,1-2H3. The molecular formula is C20H19NS. The lowest BCUT2D eigenvalue weighted by molar-refractivity contribution is 1.33. The van der Waals surface area contributed by atoms with Crippen LogP contribution in [0, 0.1) is 13.8 Å². The molecule has 0 bridgehead atoms. The minimum atomic E-state index is 1.12. The van der Waals surface area contributed by atoms with Gasteiger partial charge in [-0.3, -0.25) is 0 Å². The van der Waals surface area contributed by atoms with Crippen LogP contribution in [0.1, 0.15) is 11.1 Å². The fraction of sp³-hybridized carbons (Fsp3) is 0.100. The predicted molar refractivity (Wildman–Crippen MR) is 96.2 cm³/mol. The summed E-state index contributed by atoms with van der Waals surface area (Å²) in [6.07, 6.45) is 0. The Balaban J connectivity index is 1.89. The first-order chi connectivity index (χ1) is 10.7. The van der Waals surface area contributed by atoms with E-state index in [-0.39, 0.29) is 0 Å². The van der Waals surface area contributed by atoms with Gasteiger partial charge in [0.05, 0.1) is 5.69 Å². The average Bonchev–Trinajstić information content (AvgIpc) is 2.53. The summed E-state index contributed by atoms with van der Waals surface area (Å²) in [6.45, 7) is 4.23. The molecule has 0 amide bonds. The van der Waals surface area contributed by atoms with E-state index in [1.54, 1.807) is 11.8 Å². The Labute approximate surface area is 136 Å². The topological polar surface area (TPSA) is 12.0 Å². The third-order valence-corrected chi connectivity index (χ3v) is 4.50. The van der Waals surface area contributed by atoms with E-state index in [9.17, 15) is 0 Å². The number of benzene rings is 3. The van der Waals surface area contributed by atoms with Gasteiger partial charge < -0.3 is 5.32 Å². The first-order valence-electron chi connectivity index (χ1n) is 7.38. The van der Waals surface area contributed by atoms with E-state index in [2.05, 4.69) is 85.9 Å². The van der Waals surface area contributed by atoms with E-state index in [4.69, 9.17) is 0 Å². The SMILES string of the molecule is Cc1ccc(Nc2ccc(C)cc2Sc2ccccc2)cc1. The summed E-state index contributed by atoms with van der Waals surface area (Å²) in [5.74, 6) is 0. The molecule has 0 saturated carbocycles. The van der Waals surface area contributed by atoms with Crippen LogP contribution in [-0.2, 0) is 0 Å². The van der Waals surface area contributed by atoms with Crippen molar-refractivity contribution in [3.63, 3.8) is 0 Å². The van der Waals surface area contributed by atoms with Crippen LogP contribution in [0.15, 0.2) is 82.6 Å². The van der Waals surface area contributed by atoms with Gasteiger partial charge in [-0.05, 0) is 55.8 Å². The number of hydrogen-bond donors (Lipinski definition) is 1. The Kier molecular flexibility index (Phi) is 4.50. The smallest absolute Gasteiger partial charge is 0.0526 e. The zero-order valence-corrected chi connectivity index (χ0v) is 13.7. The molecular weight excluding hydrogens is 286 g/mol. The van der Waals surface area contributed by atoms with Crippen LogP contribution >= 0.6 is 11.8 Å². The highest BCUT2D eigenvalue weighted by Gasteiger charge is 2.05. The maximum atomic E-state index is 3.53. The van der Waals surface area contributed by atoms with Crippen molar-refractivity contribution in [1.29, 1.82) is 0 Å². The van der Waals surface area contributed by atoms with Crippen LogP contribution in [-0.4, -0.2) is 0 Å². The number of anilines is 2. The monoisotopic (exact) mass is 305 g/mol. The molecule has 0 heterocycles. The molecule has 2 heteroatoms. The van der Waals surface area contributed by atoms with Crippen LogP contribution < -0.4 is 5.32 Å². The second-order valence-electron chi connectivity index (χ2n) is 5.41. The summed E-state index contributed by atoms with van der Waals surface area (Å²) < 4.78 is 0. The second kappa shape index (κ2) is 6.71. The van der Waals surface area contributed by atoms with Gasteiger partial charge in [0, 0.05) is 15.5 Å². The highest BCUT2D eigenvalue weighted by molar-refractivity contribution is 7.99. The van der Waals surface area contributed by atoms with Gasteiger partial charge >= 0.3 is 0 Å². The van der Waals surface area contributed by atoms with Crippen LogP contribution in [0.4, 0.5) is 11.4 Å². The van der Waals surface area contributed by atoms with Crippen LogP contribution in [0.3, 0.4) is 0 Å². The number of nitrogens with one attached hydrogen (secondary N) is 1. The second-order valence-corrected chi connectivity index (χ2v) is 6.52. The molecule has 0 unspecified atom stereocenters. The molecule has 0 radical (unpaired) electrons. The fourth-order valence-corrected chi connectivity index (χ4v) is 3.25. The van der Waals surface area contributed by atoms with Gasteiger partial charge in [0.2, 0.25) is 0 Å². The predicted octanol–water partition coefficient (Wildman–Crippen LogP) is 6.20. The van der Waals surface area contributed by atoms with E-state index in [0.717, 1.165) is 11.4 Å². The molecule has 1 nitrogen and oxygen atoms in total. The molecule has 110 valence electrons.